The standard InChI is InChI=1S/C28H27F3N2O5/c1-4-24-27(35)33(15-17-6-5-7-20(10-17)28(29,30)31)16-19-11-21(8-9-25(19)38-24)32-26(34)18-12-22(36-2)14-23(13-18)37-3/h5-14,24H,4,15-16H2,1-3H3,(H,32,34)/t24-/m1/s1. The van der Waals surface area contributed by atoms with Gasteiger partial charge in [0.15, 0.2) is 6.10 Å². The summed E-state index contributed by atoms with van der Waals surface area (Å²) in [6.45, 7) is 1.87. The lowest BCUT2D eigenvalue weighted by atomic mass is 10.1. The summed E-state index contributed by atoms with van der Waals surface area (Å²) >= 11 is 0. The first-order valence-electron chi connectivity index (χ1n) is 11.9. The lowest BCUT2D eigenvalue weighted by Gasteiger charge is -2.23. The largest absolute Gasteiger partial charge is 0.497 e. The monoisotopic (exact) mass is 528 g/mol. The fourth-order valence-corrected chi connectivity index (χ4v) is 4.19. The third-order valence-corrected chi connectivity index (χ3v) is 6.15. The smallest absolute Gasteiger partial charge is 0.416 e. The molecule has 0 fully saturated rings. The molecule has 1 aliphatic heterocycles. The number of nitrogens with zero attached hydrogens (tertiary/aromatic N) is 1. The number of fused-ring (bicyclic) bond motifs is 1. The van der Waals surface area contributed by atoms with E-state index in [2.05, 4.69) is 5.32 Å². The predicted molar refractivity (Wildman–Crippen MR) is 134 cm³/mol. The van der Waals surface area contributed by atoms with E-state index in [0.717, 1.165) is 12.1 Å². The topological polar surface area (TPSA) is 77.1 Å². The van der Waals surface area contributed by atoms with Gasteiger partial charge in [-0.1, -0.05) is 19.1 Å². The Bertz CT molecular complexity index is 1320. The van der Waals surface area contributed by atoms with E-state index in [1.807, 2.05) is 0 Å². The third kappa shape index (κ3) is 6.01. The number of alkyl halides is 3. The van der Waals surface area contributed by atoms with Crippen LogP contribution in [-0.2, 0) is 24.1 Å². The van der Waals surface area contributed by atoms with E-state index in [9.17, 15) is 22.8 Å². The summed E-state index contributed by atoms with van der Waals surface area (Å²) in [5, 5.41) is 2.82. The van der Waals surface area contributed by atoms with Crippen LogP contribution in [0.2, 0.25) is 0 Å². The summed E-state index contributed by atoms with van der Waals surface area (Å²) in [7, 11) is 2.97. The number of halogens is 3. The van der Waals surface area contributed by atoms with E-state index < -0.39 is 23.8 Å². The van der Waals surface area contributed by atoms with Crippen molar-refractivity contribution in [3.05, 3.63) is 82.9 Å². The Morgan fingerprint density at radius 2 is 1.76 bits per heavy atom. The highest BCUT2D eigenvalue weighted by atomic mass is 19.4. The average molecular weight is 529 g/mol. The maximum absolute atomic E-state index is 13.2. The van der Waals surface area contributed by atoms with Crippen molar-refractivity contribution in [2.75, 3.05) is 19.5 Å². The van der Waals surface area contributed by atoms with Crippen LogP contribution < -0.4 is 19.5 Å². The molecular formula is C28H27F3N2O5. The predicted octanol–water partition coefficient (Wildman–Crippen LogP) is 5.67. The summed E-state index contributed by atoms with van der Waals surface area (Å²) < 4.78 is 56.0. The highest BCUT2D eigenvalue weighted by molar-refractivity contribution is 6.05. The zero-order valence-electron chi connectivity index (χ0n) is 21.1. The number of methoxy groups -OCH3 is 2. The molecule has 1 atom stereocenters. The Morgan fingerprint density at radius 1 is 1.05 bits per heavy atom. The van der Waals surface area contributed by atoms with Crippen molar-refractivity contribution < 1.29 is 37.0 Å². The molecular weight excluding hydrogens is 501 g/mol. The van der Waals surface area contributed by atoms with E-state index in [-0.39, 0.29) is 19.0 Å². The maximum Gasteiger partial charge on any atom is 0.416 e. The lowest BCUT2D eigenvalue weighted by Crippen LogP contribution is -2.38. The average Bonchev–Trinajstić information content (AvgIpc) is 3.03. The summed E-state index contributed by atoms with van der Waals surface area (Å²) in [5.74, 6) is 0.659. The lowest BCUT2D eigenvalue weighted by molar-refractivity contribution is -0.139. The molecule has 4 rings (SSSR count). The highest BCUT2D eigenvalue weighted by Gasteiger charge is 2.32. The normalized spacial score (nSPS) is 15.3. The minimum atomic E-state index is -4.49. The molecule has 0 unspecified atom stereocenters. The van der Waals surface area contributed by atoms with E-state index in [0.29, 0.717) is 46.0 Å². The molecule has 1 N–H and O–H groups in total. The summed E-state index contributed by atoms with van der Waals surface area (Å²) in [6, 6.07) is 14.7. The van der Waals surface area contributed by atoms with Crippen molar-refractivity contribution in [2.45, 2.75) is 38.7 Å². The Morgan fingerprint density at radius 3 is 2.39 bits per heavy atom. The molecule has 1 heterocycles. The molecule has 0 bridgehead atoms. The van der Waals surface area contributed by atoms with Crippen LogP contribution in [0.1, 0.15) is 40.4 Å². The third-order valence-electron chi connectivity index (χ3n) is 6.15. The number of nitrogens with one attached hydrogen (secondary N) is 1. The van der Waals surface area contributed by atoms with Crippen molar-refractivity contribution in [1.82, 2.24) is 4.90 Å². The molecule has 0 saturated carbocycles. The van der Waals surface area contributed by atoms with Crippen molar-refractivity contribution in [3.8, 4) is 17.2 Å². The maximum atomic E-state index is 13.2. The van der Waals surface area contributed by atoms with E-state index in [1.54, 1.807) is 49.4 Å². The Hall–Kier alpha value is -4.21. The van der Waals surface area contributed by atoms with Crippen molar-refractivity contribution >= 4 is 17.5 Å². The van der Waals surface area contributed by atoms with Crippen LogP contribution in [0.4, 0.5) is 18.9 Å². The van der Waals surface area contributed by atoms with E-state index >= 15 is 0 Å². The molecule has 0 spiro atoms. The molecule has 200 valence electrons. The molecule has 38 heavy (non-hydrogen) atoms. The van der Waals surface area contributed by atoms with Crippen molar-refractivity contribution in [2.24, 2.45) is 0 Å². The van der Waals surface area contributed by atoms with Crippen LogP contribution in [-0.4, -0.2) is 37.0 Å². The quantitative estimate of drug-likeness (QED) is 0.427. The summed E-state index contributed by atoms with van der Waals surface area (Å²) in [5.41, 5.74) is 0.964. The van der Waals surface area contributed by atoms with Gasteiger partial charge in [0.25, 0.3) is 11.8 Å². The van der Waals surface area contributed by atoms with Gasteiger partial charge in [0.2, 0.25) is 0 Å². The van der Waals surface area contributed by atoms with Gasteiger partial charge in [-0.15, -0.1) is 0 Å². The number of amides is 2. The number of hydrogen-bond acceptors (Lipinski definition) is 5. The van der Waals surface area contributed by atoms with Crippen LogP contribution >= 0.6 is 0 Å². The first-order chi connectivity index (χ1) is 18.1. The molecule has 3 aromatic carbocycles. The van der Waals surface area contributed by atoms with Gasteiger partial charge in [-0.3, -0.25) is 9.59 Å². The molecule has 1 aliphatic rings. The molecule has 7 nitrogen and oxygen atoms in total. The Balaban J connectivity index is 1.60. The fraction of sp³-hybridized carbons (Fsp3) is 0.286. The van der Waals surface area contributed by atoms with Gasteiger partial charge in [-0.2, -0.15) is 13.2 Å². The number of carbonyl (C=O) groups excluding carboxylic acids is 2. The van der Waals surface area contributed by atoms with E-state index in [1.165, 1.54) is 25.2 Å². The van der Waals surface area contributed by atoms with Gasteiger partial charge in [-0.25, -0.2) is 0 Å². The van der Waals surface area contributed by atoms with Crippen LogP contribution in [0.25, 0.3) is 0 Å². The van der Waals surface area contributed by atoms with Crippen LogP contribution in [0.15, 0.2) is 60.7 Å². The first-order valence-corrected chi connectivity index (χ1v) is 11.9. The zero-order chi connectivity index (χ0) is 27.4. The second-order valence-electron chi connectivity index (χ2n) is 8.79. The van der Waals surface area contributed by atoms with Crippen molar-refractivity contribution in [1.29, 1.82) is 0 Å². The molecule has 0 saturated heterocycles. The van der Waals surface area contributed by atoms with Gasteiger partial charge < -0.3 is 24.4 Å². The van der Waals surface area contributed by atoms with Crippen LogP contribution in [0.3, 0.4) is 0 Å². The Kier molecular flexibility index (Phi) is 7.80. The molecule has 0 radical (unpaired) electrons. The fourth-order valence-electron chi connectivity index (χ4n) is 4.19. The SMILES string of the molecule is CC[C@H]1Oc2ccc(NC(=O)c3cc(OC)cc(OC)c3)cc2CN(Cc2cccc(C(F)(F)F)c2)C1=O. The minimum absolute atomic E-state index is 0.0256. The minimum Gasteiger partial charge on any atom is -0.497 e. The van der Waals surface area contributed by atoms with Gasteiger partial charge in [0.1, 0.15) is 17.2 Å². The summed E-state index contributed by atoms with van der Waals surface area (Å²) in [6.07, 6.45) is -4.89. The first kappa shape index (κ1) is 26.8. The van der Waals surface area contributed by atoms with E-state index in [4.69, 9.17) is 14.2 Å². The van der Waals surface area contributed by atoms with Crippen molar-refractivity contribution in [3.63, 3.8) is 0 Å². The summed E-state index contributed by atoms with van der Waals surface area (Å²) in [4.78, 5) is 27.6. The highest BCUT2D eigenvalue weighted by Crippen LogP contribution is 2.33. The molecule has 10 heteroatoms. The number of carbonyl (C=O) groups is 2. The molecule has 2 amide bonds. The second kappa shape index (κ2) is 11.0. The number of benzene rings is 3. The van der Waals surface area contributed by atoms with Crippen LogP contribution in [0, 0.1) is 0 Å². The number of ether oxygens (including phenoxy) is 3. The molecule has 3 aromatic rings. The number of anilines is 1. The number of hydrogen-bond donors (Lipinski definition) is 1. The van der Waals surface area contributed by atoms with Gasteiger partial charge in [-0.05, 0) is 54.4 Å². The molecule has 0 aromatic heterocycles. The number of rotatable bonds is 7. The van der Waals surface area contributed by atoms with Gasteiger partial charge >= 0.3 is 6.18 Å². The molecule has 0 aliphatic carbocycles. The zero-order valence-corrected chi connectivity index (χ0v) is 21.1. The Labute approximate surface area is 218 Å². The van der Waals surface area contributed by atoms with Gasteiger partial charge in [0.05, 0.1) is 19.8 Å². The van der Waals surface area contributed by atoms with Crippen LogP contribution in [0.5, 0.6) is 17.2 Å². The van der Waals surface area contributed by atoms with Gasteiger partial charge in [0, 0.05) is 36.0 Å². The second-order valence-corrected chi connectivity index (χ2v) is 8.79.